The van der Waals surface area contributed by atoms with Gasteiger partial charge in [0.25, 0.3) is 0 Å². The van der Waals surface area contributed by atoms with E-state index in [2.05, 4.69) is 25.2 Å². The highest BCUT2D eigenvalue weighted by atomic mass is 16.5. The third kappa shape index (κ3) is 5.66. The lowest BCUT2D eigenvalue weighted by atomic mass is 9.84. The Kier molecular flexibility index (Phi) is 6.78. The molecule has 3 nitrogen and oxygen atoms in total. The highest BCUT2D eigenvalue weighted by Gasteiger charge is 2.18. The van der Waals surface area contributed by atoms with E-state index in [9.17, 15) is 0 Å². The van der Waals surface area contributed by atoms with E-state index < -0.39 is 0 Å². The van der Waals surface area contributed by atoms with Crippen LogP contribution in [0.5, 0.6) is 0 Å². The number of methoxy groups -OCH3 is 2. The molecule has 100 valence electrons. The summed E-state index contributed by atoms with van der Waals surface area (Å²) in [4.78, 5) is 0. The summed E-state index contributed by atoms with van der Waals surface area (Å²) in [5, 5.41) is 3.50. The molecule has 0 aromatic rings. The van der Waals surface area contributed by atoms with Crippen LogP contribution in [0.25, 0.3) is 0 Å². The molecule has 0 aromatic carbocycles. The second-order valence-corrected chi connectivity index (χ2v) is 5.27. The lowest BCUT2D eigenvalue weighted by Crippen LogP contribution is -2.35. The first-order chi connectivity index (χ1) is 8.15. The molecule has 0 aliphatic heterocycles. The summed E-state index contributed by atoms with van der Waals surface area (Å²) in [6, 6.07) is 0. The first-order valence-corrected chi connectivity index (χ1v) is 6.55. The van der Waals surface area contributed by atoms with Crippen LogP contribution >= 0.6 is 0 Å². The summed E-state index contributed by atoms with van der Waals surface area (Å²) in [6.45, 7) is 7.16. The summed E-state index contributed by atoms with van der Waals surface area (Å²) in [5.74, 6) is 1.50. The molecule has 0 radical (unpaired) electrons. The molecular weight excluding hydrogens is 214 g/mol. The monoisotopic (exact) mass is 241 g/mol. The fraction of sp³-hybridized carbons (Fsp3) is 0.857. The molecule has 0 saturated carbocycles. The normalized spacial score (nSPS) is 26.7. The SMILES string of the molecule is COCC(CNCC1CC(C)=CC(C)C1)OC. The fourth-order valence-electron chi connectivity index (χ4n) is 2.69. The largest absolute Gasteiger partial charge is 0.382 e. The summed E-state index contributed by atoms with van der Waals surface area (Å²) in [7, 11) is 3.45. The van der Waals surface area contributed by atoms with Crippen molar-refractivity contribution >= 4 is 0 Å². The minimum Gasteiger partial charge on any atom is -0.382 e. The molecule has 0 bridgehead atoms. The Morgan fingerprint density at radius 3 is 2.82 bits per heavy atom. The van der Waals surface area contributed by atoms with Crippen LogP contribution in [0.2, 0.25) is 0 Å². The van der Waals surface area contributed by atoms with Crippen molar-refractivity contribution in [2.24, 2.45) is 11.8 Å². The lowest BCUT2D eigenvalue weighted by molar-refractivity contribution is 0.0284. The molecule has 1 aliphatic carbocycles. The maximum Gasteiger partial charge on any atom is 0.0928 e. The molecule has 1 rings (SSSR count). The van der Waals surface area contributed by atoms with Crippen LogP contribution in [0.1, 0.15) is 26.7 Å². The number of allylic oxidation sites excluding steroid dienone is 2. The number of nitrogens with one attached hydrogen (secondary N) is 1. The Balaban J connectivity index is 2.20. The van der Waals surface area contributed by atoms with E-state index in [0.717, 1.165) is 24.9 Å². The van der Waals surface area contributed by atoms with Crippen LogP contribution in [0.3, 0.4) is 0 Å². The van der Waals surface area contributed by atoms with E-state index in [1.165, 1.54) is 18.4 Å². The molecule has 0 saturated heterocycles. The highest BCUT2D eigenvalue weighted by molar-refractivity contribution is 5.06. The maximum absolute atomic E-state index is 5.32. The molecule has 0 amide bonds. The zero-order valence-electron chi connectivity index (χ0n) is 11.7. The molecule has 0 aromatic heterocycles. The third-order valence-electron chi connectivity index (χ3n) is 3.38. The molecule has 17 heavy (non-hydrogen) atoms. The van der Waals surface area contributed by atoms with Gasteiger partial charge in [-0.2, -0.15) is 0 Å². The Hall–Kier alpha value is -0.380. The van der Waals surface area contributed by atoms with Crippen molar-refractivity contribution in [3.8, 4) is 0 Å². The van der Waals surface area contributed by atoms with Gasteiger partial charge in [-0.3, -0.25) is 0 Å². The first-order valence-electron chi connectivity index (χ1n) is 6.55. The molecule has 1 aliphatic rings. The fourth-order valence-corrected chi connectivity index (χ4v) is 2.69. The van der Waals surface area contributed by atoms with Gasteiger partial charge in [0.05, 0.1) is 12.7 Å². The van der Waals surface area contributed by atoms with Crippen LogP contribution in [0.15, 0.2) is 11.6 Å². The second-order valence-electron chi connectivity index (χ2n) is 5.27. The molecule has 0 heterocycles. The molecule has 3 unspecified atom stereocenters. The van der Waals surface area contributed by atoms with Crippen molar-refractivity contribution in [2.45, 2.75) is 32.8 Å². The van der Waals surface area contributed by atoms with E-state index in [4.69, 9.17) is 9.47 Å². The van der Waals surface area contributed by atoms with Crippen LogP contribution < -0.4 is 5.32 Å². The van der Waals surface area contributed by atoms with Gasteiger partial charge in [-0.15, -0.1) is 0 Å². The standard InChI is InChI=1S/C14H27NO2/c1-11-5-12(2)7-13(6-11)8-15-9-14(17-4)10-16-3/h5,11,13-15H,6-10H2,1-4H3. The van der Waals surface area contributed by atoms with Gasteiger partial charge in [0, 0.05) is 20.8 Å². The average Bonchev–Trinajstić information content (AvgIpc) is 2.26. The molecule has 0 fully saturated rings. The Morgan fingerprint density at radius 1 is 1.47 bits per heavy atom. The van der Waals surface area contributed by atoms with Crippen molar-refractivity contribution < 1.29 is 9.47 Å². The van der Waals surface area contributed by atoms with Gasteiger partial charge in [-0.1, -0.05) is 18.6 Å². The van der Waals surface area contributed by atoms with Crippen LogP contribution in [-0.2, 0) is 9.47 Å². The number of hydrogen-bond donors (Lipinski definition) is 1. The smallest absolute Gasteiger partial charge is 0.0928 e. The van der Waals surface area contributed by atoms with E-state index in [1.807, 2.05) is 0 Å². The predicted molar refractivity (Wildman–Crippen MR) is 71.2 cm³/mol. The topological polar surface area (TPSA) is 30.5 Å². The van der Waals surface area contributed by atoms with Gasteiger partial charge >= 0.3 is 0 Å². The zero-order chi connectivity index (χ0) is 12.7. The first kappa shape index (κ1) is 14.7. The van der Waals surface area contributed by atoms with Crippen molar-refractivity contribution in [1.82, 2.24) is 5.32 Å². The second kappa shape index (κ2) is 7.85. The Bertz CT molecular complexity index is 240. The zero-order valence-corrected chi connectivity index (χ0v) is 11.7. The van der Waals surface area contributed by atoms with Gasteiger partial charge in [0.15, 0.2) is 0 Å². The van der Waals surface area contributed by atoms with E-state index in [0.29, 0.717) is 6.61 Å². The molecule has 1 N–H and O–H groups in total. The van der Waals surface area contributed by atoms with Gasteiger partial charge in [-0.05, 0) is 38.1 Å². The summed E-state index contributed by atoms with van der Waals surface area (Å²) in [5.41, 5.74) is 1.54. The predicted octanol–water partition coefficient (Wildman–Crippen LogP) is 2.23. The molecule has 0 spiro atoms. The summed E-state index contributed by atoms with van der Waals surface area (Å²) in [6.07, 6.45) is 5.10. The Labute approximate surface area is 106 Å². The average molecular weight is 241 g/mol. The number of hydrogen-bond acceptors (Lipinski definition) is 3. The van der Waals surface area contributed by atoms with Gasteiger partial charge < -0.3 is 14.8 Å². The third-order valence-corrected chi connectivity index (χ3v) is 3.38. The van der Waals surface area contributed by atoms with Crippen molar-refractivity contribution in [3.63, 3.8) is 0 Å². The summed E-state index contributed by atoms with van der Waals surface area (Å²) < 4.78 is 10.4. The van der Waals surface area contributed by atoms with Gasteiger partial charge in [0.2, 0.25) is 0 Å². The van der Waals surface area contributed by atoms with E-state index in [1.54, 1.807) is 14.2 Å². The number of ether oxygens (including phenoxy) is 2. The van der Waals surface area contributed by atoms with Gasteiger partial charge in [0.1, 0.15) is 0 Å². The van der Waals surface area contributed by atoms with E-state index >= 15 is 0 Å². The minimum atomic E-state index is 0.164. The molecular formula is C14H27NO2. The highest BCUT2D eigenvalue weighted by Crippen LogP contribution is 2.27. The van der Waals surface area contributed by atoms with Crippen molar-refractivity contribution in [2.75, 3.05) is 33.9 Å². The van der Waals surface area contributed by atoms with Crippen LogP contribution in [-0.4, -0.2) is 40.0 Å². The van der Waals surface area contributed by atoms with Crippen molar-refractivity contribution in [3.05, 3.63) is 11.6 Å². The Morgan fingerprint density at radius 2 is 2.24 bits per heavy atom. The van der Waals surface area contributed by atoms with E-state index in [-0.39, 0.29) is 6.10 Å². The minimum absolute atomic E-state index is 0.164. The van der Waals surface area contributed by atoms with Crippen LogP contribution in [0, 0.1) is 11.8 Å². The molecule has 3 heteroatoms. The quantitative estimate of drug-likeness (QED) is 0.693. The maximum atomic E-state index is 5.32. The van der Waals surface area contributed by atoms with Gasteiger partial charge in [-0.25, -0.2) is 0 Å². The molecule has 3 atom stereocenters. The number of rotatable bonds is 7. The van der Waals surface area contributed by atoms with Crippen LogP contribution in [0.4, 0.5) is 0 Å². The lowest BCUT2D eigenvalue weighted by Gasteiger charge is -2.26. The summed E-state index contributed by atoms with van der Waals surface area (Å²) >= 11 is 0. The van der Waals surface area contributed by atoms with Crippen molar-refractivity contribution in [1.29, 1.82) is 0 Å².